The van der Waals surface area contributed by atoms with E-state index in [0.29, 0.717) is 18.7 Å². The SMILES string of the molecule is CC(C)C1(O)CN(C(=O)c2cn[nH]c2-c2ccccc2)C1. The van der Waals surface area contributed by atoms with Crippen LogP contribution in [0.25, 0.3) is 11.3 Å². The Morgan fingerprint density at radius 3 is 2.62 bits per heavy atom. The maximum absolute atomic E-state index is 12.5. The largest absolute Gasteiger partial charge is 0.386 e. The summed E-state index contributed by atoms with van der Waals surface area (Å²) in [6.07, 6.45) is 1.55. The van der Waals surface area contributed by atoms with E-state index in [-0.39, 0.29) is 11.8 Å². The number of hydrogen-bond donors (Lipinski definition) is 2. The lowest BCUT2D eigenvalue weighted by molar-refractivity contribution is -0.110. The molecule has 1 aliphatic rings. The van der Waals surface area contributed by atoms with Gasteiger partial charge in [-0.15, -0.1) is 0 Å². The second-order valence-electron chi connectivity index (χ2n) is 5.94. The maximum atomic E-state index is 12.5. The van der Waals surface area contributed by atoms with Gasteiger partial charge in [0.05, 0.1) is 30.5 Å². The van der Waals surface area contributed by atoms with Crippen LogP contribution >= 0.6 is 0 Å². The Balaban J connectivity index is 1.81. The van der Waals surface area contributed by atoms with Gasteiger partial charge < -0.3 is 10.0 Å². The van der Waals surface area contributed by atoms with E-state index >= 15 is 0 Å². The van der Waals surface area contributed by atoms with Gasteiger partial charge in [-0.25, -0.2) is 0 Å². The second kappa shape index (κ2) is 5.00. The molecule has 1 aromatic heterocycles. The summed E-state index contributed by atoms with van der Waals surface area (Å²) in [6.45, 7) is 4.69. The standard InChI is InChI=1S/C16H19N3O2/c1-11(2)16(21)9-19(10-16)15(20)13-8-17-18-14(13)12-6-4-3-5-7-12/h3-8,11,21H,9-10H2,1-2H3,(H,17,18). The van der Waals surface area contributed by atoms with Crippen LogP contribution < -0.4 is 0 Å². The Labute approximate surface area is 123 Å². The van der Waals surface area contributed by atoms with Gasteiger partial charge in [-0.2, -0.15) is 5.10 Å². The first-order valence-electron chi connectivity index (χ1n) is 7.12. The molecule has 0 unspecified atom stereocenters. The molecule has 1 aromatic carbocycles. The zero-order chi connectivity index (χ0) is 15.0. The number of nitrogens with zero attached hydrogens (tertiary/aromatic N) is 2. The molecule has 1 amide bonds. The number of nitrogens with one attached hydrogen (secondary N) is 1. The molecule has 1 saturated heterocycles. The van der Waals surface area contributed by atoms with Crippen LogP contribution in [-0.2, 0) is 0 Å². The number of likely N-dealkylation sites (tertiary alicyclic amines) is 1. The summed E-state index contributed by atoms with van der Waals surface area (Å²) in [6, 6.07) is 9.65. The predicted octanol–water partition coefficient (Wildman–Crippen LogP) is 1.92. The molecule has 1 aliphatic heterocycles. The van der Waals surface area contributed by atoms with Crippen molar-refractivity contribution in [2.75, 3.05) is 13.1 Å². The number of aromatic nitrogens is 2. The lowest BCUT2D eigenvalue weighted by atomic mass is 9.82. The van der Waals surface area contributed by atoms with Crippen molar-refractivity contribution in [1.29, 1.82) is 0 Å². The summed E-state index contributed by atoms with van der Waals surface area (Å²) >= 11 is 0. The molecule has 5 heteroatoms. The summed E-state index contributed by atoms with van der Waals surface area (Å²) in [5.74, 6) is 0.0485. The first-order valence-corrected chi connectivity index (χ1v) is 7.12. The molecule has 3 rings (SSSR count). The van der Waals surface area contributed by atoms with Crippen LogP contribution in [0.2, 0.25) is 0 Å². The number of rotatable bonds is 3. The Morgan fingerprint density at radius 1 is 1.33 bits per heavy atom. The first-order chi connectivity index (χ1) is 10.0. The minimum atomic E-state index is -0.758. The molecule has 2 aromatic rings. The van der Waals surface area contributed by atoms with Crippen molar-refractivity contribution in [2.45, 2.75) is 19.4 Å². The number of aromatic amines is 1. The third-order valence-corrected chi connectivity index (χ3v) is 4.22. The van der Waals surface area contributed by atoms with Gasteiger partial charge in [0.25, 0.3) is 5.91 Å². The van der Waals surface area contributed by atoms with Gasteiger partial charge in [-0.3, -0.25) is 9.89 Å². The number of carbonyl (C=O) groups is 1. The van der Waals surface area contributed by atoms with Crippen LogP contribution in [0, 0.1) is 5.92 Å². The summed E-state index contributed by atoms with van der Waals surface area (Å²) < 4.78 is 0. The number of benzene rings is 1. The molecule has 0 atom stereocenters. The highest BCUT2D eigenvalue weighted by Gasteiger charge is 2.46. The number of carbonyl (C=O) groups excluding carboxylic acids is 1. The van der Waals surface area contributed by atoms with Gasteiger partial charge in [0.1, 0.15) is 5.60 Å². The molecule has 0 spiro atoms. The van der Waals surface area contributed by atoms with E-state index in [1.807, 2.05) is 44.2 Å². The van der Waals surface area contributed by atoms with Crippen molar-refractivity contribution in [1.82, 2.24) is 15.1 Å². The topological polar surface area (TPSA) is 69.2 Å². The highest BCUT2D eigenvalue weighted by Crippen LogP contribution is 2.31. The fraction of sp³-hybridized carbons (Fsp3) is 0.375. The van der Waals surface area contributed by atoms with E-state index in [1.54, 1.807) is 11.1 Å². The van der Waals surface area contributed by atoms with Crippen molar-refractivity contribution >= 4 is 5.91 Å². The van der Waals surface area contributed by atoms with E-state index in [2.05, 4.69) is 10.2 Å². The highest BCUT2D eigenvalue weighted by molar-refractivity contribution is 6.00. The van der Waals surface area contributed by atoms with Crippen LogP contribution in [0.15, 0.2) is 36.5 Å². The van der Waals surface area contributed by atoms with E-state index < -0.39 is 5.60 Å². The number of aliphatic hydroxyl groups is 1. The number of hydrogen-bond acceptors (Lipinski definition) is 3. The van der Waals surface area contributed by atoms with E-state index in [1.165, 1.54) is 0 Å². The molecule has 5 nitrogen and oxygen atoms in total. The normalized spacial score (nSPS) is 16.9. The Morgan fingerprint density at radius 2 is 2.00 bits per heavy atom. The van der Waals surface area contributed by atoms with E-state index in [4.69, 9.17) is 0 Å². The van der Waals surface area contributed by atoms with E-state index in [9.17, 15) is 9.90 Å². The van der Waals surface area contributed by atoms with Crippen LogP contribution in [0.5, 0.6) is 0 Å². The number of H-pyrrole nitrogens is 1. The van der Waals surface area contributed by atoms with E-state index in [0.717, 1.165) is 11.3 Å². The average molecular weight is 285 g/mol. The molecule has 0 saturated carbocycles. The van der Waals surface area contributed by atoms with Gasteiger partial charge >= 0.3 is 0 Å². The third-order valence-electron chi connectivity index (χ3n) is 4.22. The maximum Gasteiger partial charge on any atom is 0.257 e. The van der Waals surface area contributed by atoms with Crippen molar-refractivity contribution in [3.8, 4) is 11.3 Å². The molecule has 2 N–H and O–H groups in total. The van der Waals surface area contributed by atoms with Crippen molar-refractivity contribution in [3.05, 3.63) is 42.1 Å². The smallest absolute Gasteiger partial charge is 0.257 e. The monoisotopic (exact) mass is 285 g/mol. The van der Waals surface area contributed by atoms with Gasteiger partial charge in [-0.05, 0) is 5.92 Å². The van der Waals surface area contributed by atoms with Crippen LogP contribution in [0.1, 0.15) is 24.2 Å². The Bertz CT molecular complexity index is 643. The Hall–Kier alpha value is -2.14. The average Bonchev–Trinajstić information content (AvgIpc) is 2.93. The lowest BCUT2D eigenvalue weighted by Crippen LogP contribution is -2.65. The zero-order valence-corrected chi connectivity index (χ0v) is 12.2. The second-order valence-corrected chi connectivity index (χ2v) is 5.94. The third kappa shape index (κ3) is 2.34. The molecular formula is C16H19N3O2. The van der Waals surface area contributed by atoms with Crippen molar-refractivity contribution in [2.24, 2.45) is 5.92 Å². The predicted molar refractivity (Wildman–Crippen MR) is 79.7 cm³/mol. The fourth-order valence-corrected chi connectivity index (χ4v) is 2.57. The summed E-state index contributed by atoms with van der Waals surface area (Å²) in [4.78, 5) is 14.2. The lowest BCUT2D eigenvalue weighted by Gasteiger charge is -2.49. The molecule has 0 aliphatic carbocycles. The summed E-state index contributed by atoms with van der Waals surface area (Å²) in [5.41, 5.74) is 1.44. The minimum Gasteiger partial charge on any atom is -0.386 e. The highest BCUT2D eigenvalue weighted by atomic mass is 16.3. The van der Waals surface area contributed by atoms with Crippen LogP contribution in [0.4, 0.5) is 0 Å². The molecule has 1 fully saturated rings. The molecule has 2 heterocycles. The van der Waals surface area contributed by atoms with Gasteiger partial charge in [0.2, 0.25) is 0 Å². The van der Waals surface area contributed by atoms with Gasteiger partial charge in [0.15, 0.2) is 0 Å². The van der Waals surface area contributed by atoms with Crippen molar-refractivity contribution < 1.29 is 9.90 Å². The molecule has 110 valence electrons. The first kappa shape index (κ1) is 13.8. The molecule has 0 radical (unpaired) electrons. The zero-order valence-electron chi connectivity index (χ0n) is 12.2. The minimum absolute atomic E-state index is 0.0899. The quantitative estimate of drug-likeness (QED) is 0.905. The molecular weight excluding hydrogens is 266 g/mol. The number of β-amino-alcohol motifs (C(OH)–C–C–N with tert-alkyl or cyclic N) is 1. The van der Waals surface area contributed by atoms with Crippen LogP contribution in [0.3, 0.4) is 0 Å². The molecule has 0 bridgehead atoms. The Kier molecular flexibility index (Phi) is 3.29. The van der Waals surface area contributed by atoms with Crippen molar-refractivity contribution in [3.63, 3.8) is 0 Å². The summed E-state index contributed by atoms with van der Waals surface area (Å²) in [5, 5.41) is 17.2. The van der Waals surface area contributed by atoms with Gasteiger partial charge in [0, 0.05) is 5.56 Å². The molecule has 21 heavy (non-hydrogen) atoms. The summed E-state index contributed by atoms with van der Waals surface area (Å²) in [7, 11) is 0. The van der Waals surface area contributed by atoms with Gasteiger partial charge in [-0.1, -0.05) is 44.2 Å². The number of amides is 1. The fourth-order valence-electron chi connectivity index (χ4n) is 2.57. The van der Waals surface area contributed by atoms with Crippen LogP contribution in [-0.4, -0.2) is 44.8 Å².